The van der Waals surface area contributed by atoms with Crippen LogP contribution in [0.5, 0.6) is 5.75 Å². The summed E-state index contributed by atoms with van der Waals surface area (Å²) in [6, 6.07) is 2.39. The van der Waals surface area contributed by atoms with Gasteiger partial charge in [0, 0.05) is 5.54 Å². The molecule has 0 amide bonds. The molecule has 0 radical (unpaired) electrons. The van der Waals surface area contributed by atoms with Crippen molar-refractivity contribution in [3.8, 4) is 5.75 Å². The average molecular weight is 313 g/mol. The van der Waals surface area contributed by atoms with E-state index in [1.807, 2.05) is 0 Å². The van der Waals surface area contributed by atoms with Gasteiger partial charge in [-0.2, -0.15) is 0 Å². The van der Waals surface area contributed by atoms with E-state index in [0.29, 0.717) is 0 Å². The van der Waals surface area contributed by atoms with Crippen LogP contribution in [-0.4, -0.2) is 16.1 Å². The number of nitrogens with one attached hydrogen (secondary N) is 1. The van der Waals surface area contributed by atoms with E-state index in [2.05, 4.69) is 9.46 Å². The smallest absolute Gasteiger partial charge is 0.401 e. The van der Waals surface area contributed by atoms with Gasteiger partial charge >= 0.3 is 6.36 Å². The molecule has 0 bridgehead atoms. The van der Waals surface area contributed by atoms with Crippen molar-refractivity contribution in [3.05, 3.63) is 23.5 Å². The first-order chi connectivity index (χ1) is 8.91. The first-order valence-electron chi connectivity index (χ1n) is 5.65. The Hall–Kier alpha value is -1.15. The molecule has 0 aliphatic carbocycles. The lowest BCUT2D eigenvalue weighted by atomic mass is 10.1. The van der Waals surface area contributed by atoms with E-state index in [1.54, 1.807) is 20.8 Å². The molecule has 1 rings (SSSR count). The zero-order chi connectivity index (χ0) is 15.7. The highest BCUT2D eigenvalue weighted by atomic mass is 32.2. The molecule has 0 aromatic heterocycles. The van der Waals surface area contributed by atoms with E-state index in [4.69, 9.17) is 0 Å². The first-order valence-corrected chi connectivity index (χ1v) is 6.80. The summed E-state index contributed by atoms with van der Waals surface area (Å²) in [5.74, 6) is -2.24. The van der Waals surface area contributed by atoms with Crippen LogP contribution in [0.2, 0.25) is 0 Å². The van der Waals surface area contributed by atoms with Gasteiger partial charge in [0.05, 0.1) is 4.90 Å². The fourth-order valence-corrected chi connectivity index (χ4v) is 2.48. The van der Waals surface area contributed by atoms with E-state index in [1.165, 1.54) is 13.0 Å². The molecule has 8 heteroatoms. The van der Waals surface area contributed by atoms with Crippen LogP contribution in [0.15, 0.2) is 17.0 Å². The summed E-state index contributed by atoms with van der Waals surface area (Å²) in [6.07, 6.45) is -5.06. The second-order valence-corrected chi connectivity index (χ2v) is 6.37. The third-order valence-corrected chi connectivity index (χ3v) is 3.59. The summed E-state index contributed by atoms with van der Waals surface area (Å²) < 4.78 is 69.0. The molecule has 1 aromatic carbocycles. The third kappa shape index (κ3) is 4.75. The molecule has 1 atom stereocenters. The van der Waals surface area contributed by atoms with Crippen molar-refractivity contribution in [2.75, 3.05) is 0 Å². The summed E-state index contributed by atoms with van der Waals surface area (Å²) in [5, 5.41) is 0. The Morgan fingerprint density at radius 2 is 1.75 bits per heavy atom. The van der Waals surface area contributed by atoms with Crippen LogP contribution >= 0.6 is 0 Å². The minimum absolute atomic E-state index is 0.0271. The van der Waals surface area contributed by atoms with Gasteiger partial charge < -0.3 is 4.74 Å². The normalized spacial score (nSPS) is 14.2. The van der Waals surface area contributed by atoms with Gasteiger partial charge in [-0.3, -0.25) is 0 Å². The monoisotopic (exact) mass is 313 g/mol. The molecule has 1 N–H and O–H groups in total. The maximum absolute atomic E-state index is 13.8. The Bertz CT molecular complexity index is 523. The van der Waals surface area contributed by atoms with E-state index in [-0.39, 0.29) is 10.5 Å². The topological polar surface area (TPSA) is 38.3 Å². The summed E-state index contributed by atoms with van der Waals surface area (Å²) in [6.45, 7) is 6.33. The van der Waals surface area contributed by atoms with Crippen molar-refractivity contribution in [1.29, 1.82) is 0 Å². The molecular weight excluding hydrogens is 298 g/mol. The molecule has 3 nitrogen and oxygen atoms in total. The summed E-state index contributed by atoms with van der Waals surface area (Å²) in [4.78, 5) is -0.389. The van der Waals surface area contributed by atoms with E-state index in [9.17, 15) is 21.8 Å². The van der Waals surface area contributed by atoms with Gasteiger partial charge in [-0.25, -0.2) is 13.3 Å². The van der Waals surface area contributed by atoms with Gasteiger partial charge in [-0.1, -0.05) is 6.07 Å². The van der Waals surface area contributed by atoms with Crippen LogP contribution in [0.3, 0.4) is 0 Å². The van der Waals surface area contributed by atoms with E-state index < -0.39 is 34.5 Å². The number of benzene rings is 1. The molecular formula is C12H15F4NO2S. The van der Waals surface area contributed by atoms with Gasteiger partial charge in [0.15, 0.2) is 11.6 Å². The third-order valence-electron chi connectivity index (χ3n) is 2.07. The fourth-order valence-electron chi connectivity index (χ4n) is 1.33. The quantitative estimate of drug-likeness (QED) is 0.868. The molecule has 0 spiro atoms. The molecule has 20 heavy (non-hydrogen) atoms. The number of halogens is 4. The van der Waals surface area contributed by atoms with E-state index in [0.717, 1.165) is 6.07 Å². The number of hydrogen-bond donors (Lipinski definition) is 1. The molecule has 0 heterocycles. The zero-order valence-corrected chi connectivity index (χ0v) is 12.2. The Labute approximate surface area is 116 Å². The number of alkyl halides is 3. The second-order valence-electron chi connectivity index (χ2n) is 5.19. The fraction of sp³-hybridized carbons (Fsp3) is 0.500. The van der Waals surface area contributed by atoms with Gasteiger partial charge in [-0.05, 0) is 39.3 Å². The lowest BCUT2D eigenvalue weighted by Crippen LogP contribution is -2.37. The molecule has 114 valence electrons. The maximum atomic E-state index is 13.8. The standard InChI is InChI=1S/C12H15F4NO2S/c1-7-5-6-8(20(18)17-11(2,3)4)10(9(7)13)19-12(14,15)16/h5-6,17H,1-4H3. The van der Waals surface area contributed by atoms with Crippen LogP contribution in [-0.2, 0) is 11.0 Å². The molecule has 0 saturated heterocycles. The Balaban J connectivity index is 3.26. The van der Waals surface area contributed by atoms with Crippen LogP contribution in [0.1, 0.15) is 26.3 Å². The van der Waals surface area contributed by atoms with Gasteiger partial charge in [0.2, 0.25) is 0 Å². The Kier molecular flexibility index (Phi) is 4.81. The lowest BCUT2D eigenvalue weighted by Gasteiger charge is -2.21. The molecule has 1 unspecified atom stereocenters. The maximum Gasteiger partial charge on any atom is 0.573 e. The van der Waals surface area contributed by atoms with Gasteiger partial charge in [0.25, 0.3) is 0 Å². The molecule has 0 fully saturated rings. The minimum atomic E-state index is -5.06. The van der Waals surface area contributed by atoms with Crippen molar-refractivity contribution >= 4 is 11.0 Å². The highest BCUT2D eigenvalue weighted by Crippen LogP contribution is 2.33. The lowest BCUT2D eigenvalue weighted by molar-refractivity contribution is -0.276. The second kappa shape index (κ2) is 5.69. The predicted molar refractivity (Wildman–Crippen MR) is 67.1 cm³/mol. The largest absolute Gasteiger partial charge is 0.573 e. The highest BCUT2D eigenvalue weighted by Gasteiger charge is 2.35. The number of hydrogen-bond acceptors (Lipinski definition) is 2. The zero-order valence-electron chi connectivity index (χ0n) is 11.4. The van der Waals surface area contributed by atoms with Crippen LogP contribution in [0, 0.1) is 12.7 Å². The van der Waals surface area contributed by atoms with Gasteiger partial charge in [0.1, 0.15) is 11.0 Å². The number of ether oxygens (including phenoxy) is 1. The minimum Gasteiger partial charge on any atom is -0.401 e. The van der Waals surface area contributed by atoms with Crippen LogP contribution in [0.25, 0.3) is 0 Å². The summed E-state index contributed by atoms with van der Waals surface area (Å²) in [7, 11) is -2.03. The molecule has 0 aliphatic rings. The number of aryl methyl sites for hydroxylation is 1. The Morgan fingerprint density at radius 3 is 2.20 bits per heavy atom. The van der Waals surface area contributed by atoms with Crippen molar-refractivity contribution in [2.24, 2.45) is 0 Å². The van der Waals surface area contributed by atoms with Crippen molar-refractivity contribution in [3.63, 3.8) is 0 Å². The molecule has 1 aromatic rings. The van der Waals surface area contributed by atoms with Crippen molar-refractivity contribution < 1.29 is 26.5 Å². The van der Waals surface area contributed by atoms with Gasteiger partial charge in [-0.15, -0.1) is 13.2 Å². The SMILES string of the molecule is Cc1ccc(S(=O)NC(C)(C)C)c(OC(F)(F)F)c1F. The molecule has 0 aliphatic heterocycles. The predicted octanol–water partition coefficient (Wildman–Crippen LogP) is 3.44. The average Bonchev–Trinajstić information content (AvgIpc) is 2.20. The Morgan fingerprint density at radius 1 is 1.20 bits per heavy atom. The first kappa shape index (κ1) is 16.9. The van der Waals surface area contributed by atoms with Crippen molar-refractivity contribution in [1.82, 2.24) is 4.72 Å². The highest BCUT2D eigenvalue weighted by molar-refractivity contribution is 7.83. The molecule has 0 saturated carbocycles. The van der Waals surface area contributed by atoms with Crippen LogP contribution < -0.4 is 9.46 Å². The summed E-state index contributed by atoms with van der Waals surface area (Å²) >= 11 is 0. The van der Waals surface area contributed by atoms with E-state index >= 15 is 0 Å². The van der Waals surface area contributed by atoms with Crippen molar-refractivity contribution in [2.45, 2.75) is 44.5 Å². The number of rotatable bonds is 3. The summed E-state index contributed by atoms with van der Waals surface area (Å²) in [5.41, 5.74) is -0.650. The van der Waals surface area contributed by atoms with Crippen LogP contribution in [0.4, 0.5) is 17.6 Å².